The Morgan fingerprint density at radius 1 is 1.38 bits per heavy atom. The second-order valence-corrected chi connectivity index (χ2v) is 7.44. The monoisotopic (exact) mass is 339 g/mol. The third-order valence-electron chi connectivity index (χ3n) is 4.31. The first kappa shape index (κ1) is 18.7. The second-order valence-electron chi connectivity index (χ2n) is 7.44. The summed E-state index contributed by atoms with van der Waals surface area (Å²) < 4.78 is 18.8. The summed E-state index contributed by atoms with van der Waals surface area (Å²) >= 11 is 0. The van der Waals surface area contributed by atoms with Crippen molar-refractivity contribution in [3.63, 3.8) is 0 Å². The molecule has 2 atom stereocenters. The summed E-state index contributed by atoms with van der Waals surface area (Å²) in [6, 6.07) is 3.42. The number of carbonyl (C=O) groups is 1. The highest BCUT2D eigenvalue weighted by Gasteiger charge is 2.44. The molecule has 1 aromatic rings. The average molecular weight is 339 g/mol. The Balaban J connectivity index is 2.32. The summed E-state index contributed by atoms with van der Waals surface area (Å²) in [5.74, 6) is -0.478. The minimum Gasteiger partial charge on any atom is -0.444 e. The fraction of sp³-hybridized carbons (Fsp3) is 0.611. The molecule has 1 unspecified atom stereocenters. The van der Waals surface area contributed by atoms with Crippen molar-refractivity contribution >= 4 is 6.09 Å². The quantitative estimate of drug-likeness (QED) is 0.888. The van der Waals surface area contributed by atoms with Crippen LogP contribution in [0.25, 0.3) is 0 Å². The number of hydrogen-bond donors (Lipinski definition) is 2. The van der Waals surface area contributed by atoms with Crippen LogP contribution in [0.15, 0.2) is 18.2 Å². The lowest BCUT2D eigenvalue weighted by molar-refractivity contribution is -0.0379. The van der Waals surface area contributed by atoms with Gasteiger partial charge in [0.2, 0.25) is 0 Å². The molecule has 134 valence electrons. The molecule has 0 radical (unpaired) electrons. The van der Waals surface area contributed by atoms with Crippen LogP contribution < -0.4 is 0 Å². The van der Waals surface area contributed by atoms with Crippen molar-refractivity contribution in [2.75, 3.05) is 6.54 Å². The number of amides is 1. The van der Waals surface area contributed by atoms with E-state index in [2.05, 4.69) is 0 Å². The number of aliphatic hydroxyl groups excluding tert-OH is 1. The van der Waals surface area contributed by atoms with Gasteiger partial charge in [-0.3, -0.25) is 0 Å². The van der Waals surface area contributed by atoms with Crippen LogP contribution >= 0.6 is 0 Å². The van der Waals surface area contributed by atoms with Gasteiger partial charge < -0.3 is 19.8 Å². The van der Waals surface area contributed by atoms with Gasteiger partial charge in [-0.05, 0) is 63.8 Å². The molecule has 1 aromatic carbocycles. The minimum absolute atomic E-state index is 0.316. The molecule has 1 saturated heterocycles. The van der Waals surface area contributed by atoms with Crippen molar-refractivity contribution in [3.8, 4) is 0 Å². The molecule has 1 aliphatic rings. The maximum atomic E-state index is 13.4. The van der Waals surface area contributed by atoms with E-state index in [0.717, 1.165) is 6.42 Å². The van der Waals surface area contributed by atoms with Gasteiger partial charge in [-0.1, -0.05) is 6.07 Å². The molecule has 6 heteroatoms. The molecule has 0 aromatic heterocycles. The Labute approximate surface area is 142 Å². The van der Waals surface area contributed by atoms with Crippen LogP contribution in [0.2, 0.25) is 0 Å². The second kappa shape index (κ2) is 6.69. The highest BCUT2D eigenvalue weighted by Crippen LogP contribution is 2.37. The largest absolute Gasteiger partial charge is 0.444 e. The van der Waals surface area contributed by atoms with Gasteiger partial charge in [0, 0.05) is 6.54 Å². The SMILES string of the molecule is CC(C)(C)OC(=O)N1CCC[C@@H]1C(C)(O)c1ccc(F)cc1CO. The molecule has 1 fully saturated rings. The summed E-state index contributed by atoms with van der Waals surface area (Å²) in [5.41, 5.74) is -1.30. The van der Waals surface area contributed by atoms with E-state index < -0.39 is 29.2 Å². The Bertz CT molecular complexity index is 610. The van der Waals surface area contributed by atoms with Gasteiger partial charge in [0.15, 0.2) is 0 Å². The normalized spacial score (nSPS) is 20.8. The molecule has 0 bridgehead atoms. The van der Waals surface area contributed by atoms with E-state index in [0.29, 0.717) is 24.1 Å². The van der Waals surface area contributed by atoms with E-state index in [4.69, 9.17) is 4.74 Å². The number of aliphatic hydroxyl groups is 2. The van der Waals surface area contributed by atoms with Gasteiger partial charge in [0.05, 0.1) is 12.6 Å². The molecule has 0 saturated carbocycles. The van der Waals surface area contributed by atoms with E-state index in [1.807, 2.05) is 0 Å². The molecule has 2 N–H and O–H groups in total. The molecular weight excluding hydrogens is 313 g/mol. The predicted octanol–water partition coefficient (Wildman–Crippen LogP) is 2.93. The summed E-state index contributed by atoms with van der Waals surface area (Å²) in [7, 11) is 0. The molecule has 1 amide bonds. The van der Waals surface area contributed by atoms with Crippen LogP contribution in [-0.2, 0) is 16.9 Å². The van der Waals surface area contributed by atoms with Gasteiger partial charge in [-0.2, -0.15) is 0 Å². The zero-order valence-electron chi connectivity index (χ0n) is 14.7. The Kier molecular flexibility index (Phi) is 5.20. The fourth-order valence-corrected chi connectivity index (χ4v) is 3.26. The van der Waals surface area contributed by atoms with E-state index in [1.54, 1.807) is 27.7 Å². The predicted molar refractivity (Wildman–Crippen MR) is 87.9 cm³/mol. The number of nitrogens with zero attached hydrogens (tertiary/aromatic N) is 1. The number of benzene rings is 1. The lowest BCUT2D eigenvalue weighted by Crippen LogP contribution is -2.49. The molecule has 5 nitrogen and oxygen atoms in total. The van der Waals surface area contributed by atoms with E-state index in [1.165, 1.54) is 23.1 Å². The lowest BCUT2D eigenvalue weighted by atomic mass is 9.84. The first-order valence-electron chi connectivity index (χ1n) is 8.18. The number of halogens is 1. The van der Waals surface area contributed by atoms with Crippen molar-refractivity contribution < 1.29 is 24.1 Å². The van der Waals surface area contributed by atoms with Crippen LogP contribution in [0, 0.1) is 5.82 Å². The molecule has 24 heavy (non-hydrogen) atoms. The van der Waals surface area contributed by atoms with Gasteiger partial charge in [-0.25, -0.2) is 9.18 Å². The van der Waals surface area contributed by atoms with E-state index in [-0.39, 0.29) is 6.61 Å². The molecule has 1 heterocycles. The summed E-state index contributed by atoms with van der Waals surface area (Å²) in [5, 5.41) is 20.6. The van der Waals surface area contributed by atoms with Crippen LogP contribution in [-0.4, -0.2) is 39.4 Å². The van der Waals surface area contributed by atoms with Crippen molar-refractivity contribution in [1.82, 2.24) is 4.90 Å². The molecular formula is C18H26FNO4. The Morgan fingerprint density at radius 2 is 2.04 bits per heavy atom. The first-order chi connectivity index (χ1) is 11.1. The van der Waals surface area contributed by atoms with Crippen LogP contribution in [0.3, 0.4) is 0 Å². The third kappa shape index (κ3) is 3.87. The van der Waals surface area contributed by atoms with Crippen LogP contribution in [0.5, 0.6) is 0 Å². The number of ether oxygens (including phenoxy) is 1. The zero-order valence-corrected chi connectivity index (χ0v) is 14.7. The van der Waals surface area contributed by atoms with Crippen molar-refractivity contribution in [2.24, 2.45) is 0 Å². The number of carbonyl (C=O) groups excluding carboxylic acids is 1. The molecule has 1 aliphatic heterocycles. The maximum absolute atomic E-state index is 13.4. The molecule has 0 aliphatic carbocycles. The number of hydrogen-bond acceptors (Lipinski definition) is 4. The third-order valence-corrected chi connectivity index (χ3v) is 4.31. The van der Waals surface area contributed by atoms with Crippen molar-refractivity contribution in [2.45, 2.75) is 64.4 Å². The Hall–Kier alpha value is -1.66. The highest BCUT2D eigenvalue weighted by molar-refractivity contribution is 5.69. The minimum atomic E-state index is -1.42. The molecule has 0 spiro atoms. The summed E-state index contributed by atoms with van der Waals surface area (Å²) in [6.07, 6.45) is 0.877. The lowest BCUT2D eigenvalue weighted by Gasteiger charge is -2.38. The topological polar surface area (TPSA) is 70.0 Å². The van der Waals surface area contributed by atoms with Crippen LogP contribution in [0.1, 0.15) is 51.7 Å². The Morgan fingerprint density at radius 3 is 2.62 bits per heavy atom. The highest BCUT2D eigenvalue weighted by atomic mass is 19.1. The van der Waals surface area contributed by atoms with Crippen LogP contribution in [0.4, 0.5) is 9.18 Å². The summed E-state index contributed by atoms with van der Waals surface area (Å²) in [6.45, 7) is 7.06. The number of likely N-dealkylation sites (tertiary alicyclic amines) is 1. The molecule has 2 rings (SSSR count). The van der Waals surface area contributed by atoms with Gasteiger partial charge in [-0.15, -0.1) is 0 Å². The van der Waals surface area contributed by atoms with Crippen molar-refractivity contribution in [1.29, 1.82) is 0 Å². The van der Waals surface area contributed by atoms with Crippen molar-refractivity contribution in [3.05, 3.63) is 35.1 Å². The summed E-state index contributed by atoms with van der Waals surface area (Å²) in [4.78, 5) is 14.0. The van der Waals surface area contributed by atoms with Gasteiger partial charge in [0.1, 0.15) is 17.0 Å². The maximum Gasteiger partial charge on any atom is 0.410 e. The smallest absolute Gasteiger partial charge is 0.410 e. The standard InChI is InChI=1S/C18H26FNO4/c1-17(2,3)24-16(22)20-9-5-6-15(20)18(4,23)14-8-7-13(19)10-12(14)11-21/h7-8,10,15,21,23H,5-6,9,11H2,1-4H3/t15-,18?/m1/s1. The zero-order chi connectivity index (χ0) is 18.1. The van der Waals surface area contributed by atoms with E-state index >= 15 is 0 Å². The first-order valence-corrected chi connectivity index (χ1v) is 8.18. The van der Waals surface area contributed by atoms with E-state index in [9.17, 15) is 19.4 Å². The fourth-order valence-electron chi connectivity index (χ4n) is 3.26. The van der Waals surface area contributed by atoms with Gasteiger partial charge >= 0.3 is 6.09 Å². The average Bonchev–Trinajstić information content (AvgIpc) is 2.95. The van der Waals surface area contributed by atoms with Gasteiger partial charge in [0.25, 0.3) is 0 Å². The number of rotatable bonds is 3.